The van der Waals surface area contributed by atoms with Gasteiger partial charge in [-0.3, -0.25) is 0 Å². The van der Waals surface area contributed by atoms with E-state index in [9.17, 15) is 0 Å². The number of rotatable bonds is 4. The fraction of sp³-hybridized carbons (Fsp3) is 0.857. The summed E-state index contributed by atoms with van der Waals surface area (Å²) < 4.78 is 7.22. The Morgan fingerprint density at radius 1 is 1.30 bits per heavy atom. The van der Waals surface area contributed by atoms with Crippen molar-refractivity contribution in [2.45, 2.75) is 44.5 Å². The first-order valence-corrected chi connectivity index (χ1v) is 7.74. The van der Waals surface area contributed by atoms with E-state index in [1.54, 1.807) is 7.11 Å². The number of methoxy groups -OCH3 is 1. The van der Waals surface area contributed by atoms with E-state index >= 15 is 0 Å². The lowest BCUT2D eigenvalue weighted by Gasteiger charge is -2.30. The molecule has 4 heterocycles. The van der Waals surface area contributed by atoms with Crippen LogP contribution in [0.15, 0.2) is 0 Å². The number of nitrogens with zero attached hydrogens (tertiary/aromatic N) is 4. The summed E-state index contributed by atoms with van der Waals surface area (Å²) in [6, 6.07) is 1.01. The lowest BCUT2D eigenvalue weighted by molar-refractivity contribution is 0.177. The number of aromatic nitrogens is 3. The average Bonchev–Trinajstić information content (AvgIpc) is 3.13. The molecule has 0 radical (unpaired) electrons. The number of hydrogen-bond acceptors (Lipinski definition) is 5. The van der Waals surface area contributed by atoms with Crippen LogP contribution < -0.4 is 5.32 Å². The summed E-state index contributed by atoms with van der Waals surface area (Å²) >= 11 is 0. The lowest BCUT2D eigenvalue weighted by atomic mass is 9.97. The largest absolute Gasteiger partial charge is 0.377 e. The Morgan fingerprint density at radius 3 is 3.00 bits per heavy atom. The van der Waals surface area contributed by atoms with Gasteiger partial charge in [0.1, 0.15) is 12.4 Å². The highest BCUT2D eigenvalue weighted by atomic mass is 16.5. The molecule has 3 aliphatic rings. The van der Waals surface area contributed by atoms with Crippen molar-refractivity contribution in [3.8, 4) is 0 Å². The maximum absolute atomic E-state index is 5.15. The minimum absolute atomic E-state index is 0.368. The predicted octanol–water partition coefficient (Wildman–Crippen LogP) is 0.553. The van der Waals surface area contributed by atoms with Crippen LogP contribution in [-0.4, -0.2) is 52.5 Å². The minimum Gasteiger partial charge on any atom is -0.377 e. The molecule has 2 fully saturated rings. The quantitative estimate of drug-likeness (QED) is 0.871. The molecule has 1 unspecified atom stereocenters. The molecule has 4 rings (SSSR count). The Labute approximate surface area is 119 Å². The molecule has 0 saturated carbocycles. The van der Waals surface area contributed by atoms with Crippen LogP contribution in [0.4, 0.5) is 0 Å². The van der Waals surface area contributed by atoms with Gasteiger partial charge in [-0.1, -0.05) is 0 Å². The van der Waals surface area contributed by atoms with Gasteiger partial charge in [0, 0.05) is 32.8 Å². The van der Waals surface area contributed by atoms with Gasteiger partial charge in [0.2, 0.25) is 0 Å². The van der Waals surface area contributed by atoms with Crippen molar-refractivity contribution >= 4 is 0 Å². The number of nitrogens with one attached hydrogen (secondary N) is 1. The third-order valence-corrected chi connectivity index (χ3v) is 4.94. The van der Waals surface area contributed by atoms with Crippen LogP contribution in [0.2, 0.25) is 0 Å². The molecule has 3 aliphatic heterocycles. The topological polar surface area (TPSA) is 55.2 Å². The van der Waals surface area contributed by atoms with Gasteiger partial charge >= 0.3 is 0 Å². The Hall–Kier alpha value is -0.980. The van der Waals surface area contributed by atoms with Crippen LogP contribution in [0.1, 0.15) is 37.0 Å². The normalized spacial score (nSPS) is 35.5. The molecule has 1 N–H and O–H groups in total. The Balaban J connectivity index is 1.49. The minimum atomic E-state index is 0.368. The van der Waals surface area contributed by atoms with Crippen LogP contribution in [0.3, 0.4) is 0 Å². The molecule has 1 aromatic heterocycles. The summed E-state index contributed by atoms with van der Waals surface area (Å²) in [5.74, 6) is 2.76. The van der Waals surface area contributed by atoms with Gasteiger partial charge in [0.15, 0.2) is 5.82 Å². The number of piperidine rings is 1. The van der Waals surface area contributed by atoms with Crippen molar-refractivity contribution in [1.82, 2.24) is 25.0 Å². The lowest BCUT2D eigenvalue weighted by Crippen LogP contribution is -2.43. The van der Waals surface area contributed by atoms with Crippen LogP contribution in [0.5, 0.6) is 0 Å². The molecule has 0 spiro atoms. The Bertz CT molecular complexity index is 488. The number of ether oxygens (including phenoxy) is 1. The number of hydrogen-bond donors (Lipinski definition) is 1. The Morgan fingerprint density at radius 2 is 2.25 bits per heavy atom. The van der Waals surface area contributed by atoms with E-state index in [1.165, 1.54) is 38.9 Å². The van der Waals surface area contributed by atoms with Crippen LogP contribution in [-0.2, 0) is 17.9 Å². The van der Waals surface area contributed by atoms with Crippen molar-refractivity contribution in [1.29, 1.82) is 0 Å². The van der Waals surface area contributed by atoms with E-state index in [0.717, 1.165) is 24.1 Å². The van der Waals surface area contributed by atoms with Gasteiger partial charge in [-0.2, -0.15) is 5.10 Å². The van der Waals surface area contributed by atoms with Crippen LogP contribution in [0, 0.1) is 5.92 Å². The highest BCUT2D eigenvalue weighted by Crippen LogP contribution is 2.31. The molecular formula is C14H23N5O. The summed E-state index contributed by atoms with van der Waals surface area (Å²) in [7, 11) is 1.69. The second kappa shape index (κ2) is 5.09. The predicted molar refractivity (Wildman–Crippen MR) is 74.2 cm³/mol. The summed E-state index contributed by atoms with van der Waals surface area (Å²) in [6.45, 7) is 5.28. The van der Waals surface area contributed by atoms with Crippen molar-refractivity contribution in [2.75, 3.05) is 26.7 Å². The van der Waals surface area contributed by atoms with Gasteiger partial charge in [0.25, 0.3) is 0 Å². The van der Waals surface area contributed by atoms with Crippen molar-refractivity contribution in [3.63, 3.8) is 0 Å². The maximum Gasteiger partial charge on any atom is 0.176 e. The van der Waals surface area contributed by atoms with Crippen LogP contribution in [0.25, 0.3) is 0 Å². The molecule has 0 aliphatic carbocycles. The molecule has 1 aromatic rings. The SMILES string of the molecule is COCc1nc2n(n1)CCC[C@@H]2N[C@H]1CN2CC[C@H]1C2. The number of aryl methyl sites for hydroxylation is 1. The van der Waals surface area contributed by atoms with E-state index < -0.39 is 0 Å². The maximum atomic E-state index is 5.15. The van der Waals surface area contributed by atoms with Gasteiger partial charge in [0.05, 0.1) is 6.04 Å². The van der Waals surface area contributed by atoms with Gasteiger partial charge in [-0.25, -0.2) is 9.67 Å². The molecule has 4 atom stereocenters. The average molecular weight is 277 g/mol. The first-order chi connectivity index (χ1) is 9.83. The van der Waals surface area contributed by atoms with Crippen molar-refractivity contribution in [2.24, 2.45) is 5.92 Å². The van der Waals surface area contributed by atoms with Crippen LogP contribution >= 0.6 is 0 Å². The number of fused-ring (bicyclic) bond motifs is 3. The standard InChI is InChI=1S/C14H23N5O/c1-20-9-13-16-14-11(3-2-5-19(14)17-13)15-12-8-18-6-4-10(12)7-18/h10-12,15H,2-9H2,1H3/t10-,11-,12-/m0/s1. The highest BCUT2D eigenvalue weighted by molar-refractivity contribution is 5.05. The molecular weight excluding hydrogens is 254 g/mol. The third kappa shape index (κ3) is 2.16. The zero-order valence-electron chi connectivity index (χ0n) is 12.1. The molecule has 110 valence electrons. The van der Waals surface area contributed by atoms with E-state index in [2.05, 4.69) is 25.0 Å². The second-order valence-corrected chi connectivity index (χ2v) is 6.32. The van der Waals surface area contributed by atoms with Crippen molar-refractivity contribution < 1.29 is 4.74 Å². The van der Waals surface area contributed by atoms with Gasteiger partial charge in [-0.05, 0) is 31.7 Å². The summed E-state index contributed by atoms with van der Waals surface area (Å²) in [5, 5.41) is 8.40. The third-order valence-electron chi connectivity index (χ3n) is 4.94. The summed E-state index contributed by atoms with van der Waals surface area (Å²) in [5.41, 5.74) is 0. The monoisotopic (exact) mass is 277 g/mol. The zero-order chi connectivity index (χ0) is 13.5. The van der Waals surface area contributed by atoms with E-state index in [-0.39, 0.29) is 0 Å². The van der Waals surface area contributed by atoms with E-state index in [1.807, 2.05) is 0 Å². The zero-order valence-corrected chi connectivity index (χ0v) is 12.1. The molecule has 2 bridgehead atoms. The van der Waals surface area contributed by atoms with E-state index in [4.69, 9.17) is 4.74 Å². The summed E-state index contributed by atoms with van der Waals surface area (Å²) in [4.78, 5) is 7.25. The molecule has 0 aromatic carbocycles. The fourth-order valence-corrected chi connectivity index (χ4v) is 3.98. The van der Waals surface area contributed by atoms with Gasteiger partial charge in [-0.15, -0.1) is 0 Å². The molecule has 6 heteroatoms. The first-order valence-electron chi connectivity index (χ1n) is 7.74. The smallest absolute Gasteiger partial charge is 0.176 e. The fourth-order valence-electron chi connectivity index (χ4n) is 3.98. The molecule has 20 heavy (non-hydrogen) atoms. The molecule has 6 nitrogen and oxygen atoms in total. The second-order valence-electron chi connectivity index (χ2n) is 6.32. The molecule has 0 amide bonds. The summed E-state index contributed by atoms with van der Waals surface area (Å²) in [6.07, 6.45) is 3.71. The van der Waals surface area contributed by atoms with Gasteiger partial charge < -0.3 is 15.0 Å². The van der Waals surface area contributed by atoms with E-state index in [0.29, 0.717) is 18.7 Å². The highest BCUT2D eigenvalue weighted by Gasteiger charge is 2.39. The molecule has 2 saturated heterocycles. The Kier molecular flexibility index (Phi) is 3.24. The first kappa shape index (κ1) is 12.7. The van der Waals surface area contributed by atoms with Crippen molar-refractivity contribution in [3.05, 3.63) is 11.6 Å².